The van der Waals surface area contributed by atoms with E-state index in [-0.39, 0.29) is 17.6 Å². The van der Waals surface area contributed by atoms with Crippen LogP contribution in [0.2, 0.25) is 0 Å². The third-order valence-corrected chi connectivity index (χ3v) is 5.72. The molecule has 1 aliphatic heterocycles. The highest BCUT2D eigenvalue weighted by Crippen LogP contribution is 2.28. The zero-order valence-electron chi connectivity index (χ0n) is 18.4. The lowest BCUT2D eigenvalue weighted by Gasteiger charge is -2.35. The molecule has 2 aliphatic rings. The van der Waals surface area contributed by atoms with E-state index in [0.29, 0.717) is 55.8 Å². The van der Waals surface area contributed by atoms with Gasteiger partial charge in [-0.2, -0.15) is 0 Å². The van der Waals surface area contributed by atoms with Crippen LogP contribution in [0.1, 0.15) is 47.5 Å². The molecule has 4 rings (SSSR count). The highest BCUT2D eigenvalue weighted by atomic mass is 16.5. The highest BCUT2D eigenvalue weighted by molar-refractivity contribution is 5.97. The van der Waals surface area contributed by atoms with Crippen molar-refractivity contribution in [1.82, 2.24) is 20.0 Å². The molecule has 1 saturated heterocycles. The highest BCUT2D eigenvalue weighted by Gasteiger charge is 2.32. The molecule has 168 valence electrons. The normalized spacial score (nSPS) is 15.9. The maximum absolute atomic E-state index is 13.0. The number of carbonyl (C=O) groups excluding carboxylic acids is 3. The van der Waals surface area contributed by atoms with Gasteiger partial charge in [0.15, 0.2) is 11.5 Å². The quantitative estimate of drug-likeness (QED) is 0.504. The summed E-state index contributed by atoms with van der Waals surface area (Å²) in [5, 5.41) is 8.42. The number of para-hydroxylation sites is 1. The lowest BCUT2D eigenvalue weighted by Crippen LogP contribution is -2.49. The van der Waals surface area contributed by atoms with E-state index < -0.39 is 5.97 Å². The summed E-state index contributed by atoms with van der Waals surface area (Å²) < 4.78 is 5.18. The molecule has 9 nitrogen and oxygen atoms in total. The molecule has 1 saturated carbocycles. The van der Waals surface area contributed by atoms with Gasteiger partial charge in [-0.3, -0.25) is 14.4 Å². The summed E-state index contributed by atoms with van der Waals surface area (Å²) in [6, 6.07) is 10.6. The zero-order chi connectivity index (χ0) is 22.7. The second-order valence-electron chi connectivity index (χ2n) is 7.97. The van der Waals surface area contributed by atoms with Crippen LogP contribution in [0.5, 0.6) is 5.75 Å². The first-order chi connectivity index (χ1) is 15.5. The SMILES string of the molecule is CCN(C(=O)c1ccc(N2CCN(C(=O)c3ccccc3OC(C)=O)CC2)nn1)C1CC1. The maximum atomic E-state index is 13.0. The van der Waals surface area contributed by atoms with E-state index in [0.717, 1.165) is 12.8 Å². The van der Waals surface area contributed by atoms with Gasteiger partial charge < -0.3 is 19.4 Å². The monoisotopic (exact) mass is 437 g/mol. The van der Waals surface area contributed by atoms with Crippen molar-refractivity contribution in [3.63, 3.8) is 0 Å². The molecule has 0 bridgehead atoms. The average Bonchev–Trinajstić information content (AvgIpc) is 3.64. The van der Waals surface area contributed by atoms with E-state index in [9.17, 15) is 14.4 Å². The van der Waals surface area contributed by atoms with Crippen LogP contribution in [0, 0.1) is 0 Å². The van der Waals surface area contributed by atoms with Gasteiger partial charge in [0.05, 0.1) is 5.56 Å². The Labute approximate surface area is 187 Å². The lowest BCUT2D eigenvalue weighted by atomic mass is 10.1. The van der Waals surface area contributed by atoms with Crippen LogP contribution >= 0.6 is 0 Å². The lowest BCUT2D eigenvalue weighted by molar-refractivity contribution is -0.131. The molecule has 2 fully saturated rings. The zero-order valence-corrected chi connectivity index (χ0v) is 18.4. The summed E-state index contributed by atoms with van der Waals surface area (Å²) in [6.07, 6.45) is 2.11. The topological polar surface area (TPSA) is 95.9 Å². The van der Waals surface area contributed by atoms with Crippen molar-refractivity contribution in [3.8, 4) is 5.75 Å². The van der Waals surface area contributed by atoms with Crippen molar-refractivity contribution in [3.05, 3.63) is 47.7 Å². The Kier molecular flexibility index (Phi) is 6.34. The van der Waals surface area contributed by atoms with Crippen LogP contribution in [0.4, 0.5) is 5.82 Å². The largest absolute Gasteiger partial charge is 0.426 e. The molecule has 2 aromatic rings. The van der Waals surface area contributed by atoms with E-state index in [1.807, 2.05) is 22.8 Å². The molecule has 1 aromatic heterocycles. The standard InChI is InChI=1S/C23H27N5O4/c1-3-28(17-8-9-17)23(31)19-10-11-21(25-24-19)26-12-14-27(15-13-26)22(30)18-6-4-5-7-20(18)32-16(2)29/h4-7,10-11,17H,3,8-9,12-15H2,1-2H3. The van der Waals surface area contributed by atoms with Crippen LogP contribution in [-0.4, -0.2) is 76.5 Å². The summed E-state index contributed by atoms with van der Waals surface area (Å²) in [5.41, 5.74) is 0.730. The summed E-state index contributed by atoms with van der Waals surface area (Å²) in [4.78, 5) is 42.5. The second kappa shape index (κ2) is 9.33. The van der Waals surface area contributed by atoms with Gasteiger partial charge in [-0.15, -0.1) is 10.2 Å². The van der Waals surface area contributed by atoms with Gasteiger partial charge in [-0.05, 0) is 44.0 Å². The van der Waals surface area contributed by atoms with Crippen molar-refractivity contribution in [2.24, 2.45) is 0 Å². The van der Waals surface area contributed by atoms with Crippen LogP contribution in [0.3, 0.4) is 0 Å². The Morgan fingerprint density at radius 2 is 1.75 bits per heavy atom. The van der Waals surface area contributed by atoms with Gasteiger partial charge in [0.2, 0.25) is 0 Å². The number of anilines is 1. The molecule has 0 atom stereocenters. The van der Waals surface area contributed by atoms with E-state index in [1.165, 1.54) is 6.92 Å². The minimum absolute atomic E-state index is 0.0732. The number of rotatable bonds is 6. The smallest absolute Gasteiger partial charge is 0.308 e. The number of hydrogen-bond donors (Lipinski definition) is 0. The first-order valence-corrected chi connectivity index (χ1v) is 10.9. The average molecular weight is 438 g/mol. The van der Waals surface area contributed by atoms with Crippen LogP contribution in [-0.2, 0) is 4.79 Å². The molecular weight excluding hydrogens is 410 g/mol. The van der Waals surface area contributed by atoms with Crippen LogP contribution in [0.15, 0.2) is 36.4 Å². The molecule has 2 heterocycles. The molecule has 0 N–H and O–H groups in total. The fourth-order valence-corrected chi connectivity index (χ4v) is 3.91. The first-order valence-electron chi connectivity index (χ1n) is 10.9. The first kappa shape index (κ1) is 21.7. The number of nitrogens with zero attached hydrogens (tertiary/aromatic N) is 5. The van der Waals surface area contributed by atoms with E-state index in [4.69, 9.17) is 4.74 Å². The number of aromatic nitrogens is 2. The number of esters is 1. The number of hydrogen-bond acceptors (Lipinski definition) is 7. The van der Waals surface area contributed by atoms with E-state index in [1.54, 1.807) is 35.2 Å². The Morgan fingerprint density at radius 1 is 1.03 bits per heavy atom. The van der Waals surface area contributed by atoms with Crippen LogP contribution in [0.25, 0.3) is 0 Å². The van der Waals surface area contributed by atoms with Gasteiger partial charge in [0.1, 0.15) is 5.75 Å². The summed E-state index contributed by atoms with van der Waals surface area (Å²) in [6.45, 7) is 6.14. The molecule has 9 heteroatoms. The number of benzene rings is 1. The summed E-state index contributed by atoms with van der Waals surface area (Å²) in [5.74, 6) is 0.244. The molecule has 32 heavy (non-hydrogen) atoms. The number of carbonyl (C=O) groups is 3. The third kappa shape index (κ3) is 4.71. The fraction of sp³-hybridized carbons (Fsp3) is 0.435. The van der Waals surface area contributed by atoms with Crippen molar-refractivity contribution in [2.45, 2.75) is 32.7 Å². The van der Waals surface area contributed by atoms with Crippen molar-refractivity contribution >= 4 is 23.6 Å². The molecule has 1 aliphatic carbocycles. The van der Waals surface area contributed by atoms with Gasteiger partial charge >= 0.3 is 5.97 Å². The van der Waals surface area contributed by atoms with Gasteiger partial charge in [-0.1, -0.05) is 12.1 Å². The van der Waals surface area contributed by atoms with Gasteiger partial charge in [0.25, 0.3) is 11.8 Å². The molecule has 0 unspecified atom stereocenters. The van der Waals surface area contributed by atoms with Crippen molar-refractivity contribution in [2.75, 3.05) is 37.6 Å². The van der Waals surface area contributed by atoms with E-state index >= 15 is 0 Å². The van der Waals surface area contributed by atoms with Gasteiger partial charge in [0, 0.05) is 45.7 Å². The third-order valence-electron chi connectivity index (χ3n) is 5.72. The number of ether oxygens (including phenoxy) is 1. The number of piperazine rings is 1. The van der Waals surface area contributed by atoms with Crippen molar-refractivity contribution in [1.29, 1.82) is 0 Å². The minimum atomic E-state index is -0.463. The Balaban J connectivity index is 1.37. The Hall–Kier alpha value is -3.49. The van der Waals surface area contributed by atoms with Crippen molar-refractivity contribution < 1.29 is 19.1 Å². The molecule has 1 aromatic carbocycles. The summed E-state index contributed by atoms with van der Waals surface area (Å²) >= 11 is 0. The molecule has 0 radical (unpaired) electrons. The predicted molar refractivity (Wildman–Crippen MR) is 118 cm³/mol. The predicted octanol–water partition coefficient (Wildman–Crippen LogP) is 1.99. The molecule has 2 amide bonds. The minimum Gasteiger partial charge on any atom is -0.426 e. The fourth-order valence-electron chi connectivity index (χ4n) is 3.91. The number of amides is 2. The second-order valence-corrected chi connectivity index (χ2v) is 7.97. The molecular formula is C23H27N5O4. The van der Waals surface area contributed by atoms with Crippen LogP contribution < -0.4 is 9.64 Å². The maximum Gasteiger partial charge on any atom is 0.308 e. The van der Waals surface area contributed by atoms with E-state index in [2.05, 4.69) is 10.2 Å². The summed E-state index contributed by atoms with van der Waals surface area (Å²) in [7, 11) is 0. The Morgan fingerprint density at radius 3 is 2.34 bits per heavy atom. The Bertz CT molecular complexity index is 998. The van der Waals surface area contributed by atoms with Gasteiger partial charge in [-0.25, -0.2) is 0 Å². The molecule has 0 spiro atoms.